The maximum atomic E-state index is 2.22. The van der Waals surface area contributed by atoms with E-state index in [4.69, 9.17) is 0 Å². The van der Waals surface area contributed by atoms with E-state index in [0.29, 0.717) is 0 Å². The molecule has 0 aliphatic carbocycles. The summed E-state index contributed by atoms with van der Waals surface area (Å²) in [4.78, 5) is 1.68. The molecule has 0 radical (unpaired) electrons. The topological polar surface area (TPSA) is 4.44 Å². The van der Waals surface area contributed by atoms with Crippen LogP contribution in [0.5, 0.6) is 0 Å². The van der Waals surface area contributed by atoms with Gasteiger partial charge in [0.05, 0.1) is 19.6 Å². The molecule has 0 spiro atoms. The molecule has 1 N–H and O–H groups in total. The van der Waals surface area contributed by atoms with E-state index < -0.39 is 0 Å². The summed E-state index contributed by atoms with van der Waals surface area (Å²) < 4.78 is 0. The van der Waals surface area contributed by atoms with Crippen molar-refractivity contribution in [2.24, 2.45) is 0 Å². The van der Waals surface area contributed by atoms with Crippen molar-refractivity contribution in [3.63, 3.8) is 0 Å². The van der Waals surface area contributed by atoms with Gasteiger partial charge in [0, 0.05) is 0 Å². The van der Waals surface area contributed by atoms with Gasteiger partial charge in [-0.1, -0.05) is 0 Å². The number of hydrogen-bond donors (Lipinski definition) is 1. The van der Waals surface area contributed by atoms with Crippen molar-refractivity contribution >= 4 is 10.1 Å². The normalized spacial score (nSPS) is 7.20. The van der Waals surface area contributed by atoms with Crippen LogP contribution in [0.2, 0.25) is 0 Å². The average Bonchev–Trinajstić information content (AvgIpc) is 1.72. The minimum Gasteiger partial charge on any atom is -1.00 e. The quantitative estimate of drug-likeness (QED) is 0.487. The van der Waals surface area contributed by atoms with Gasteiger partial charge in [-0.2, -0.15) is 0 Å². The van der Waals surface area contributed by atoms with Crippen LogP contribution < -0.4 is 38.9 Å². The number of halogens is 2. The Kier molecular flexibility index (Phi) is 37.2. The van der Waals surface area contributed by atoms with Crippen LogP contribution in [-0.4, -0.2) is 29.8 Å². The Bertz CT molecular complexity index is 37.2. The summed E-state index contributed by atoms with van der Waals surface area (Å²) in [7, 11) is 0. The standard InChI is InChI=1S/C6H15N.Be.2BrH/c1-4-7(5-2)6-3;;;/h4-6H2,1-3H3;;2*1H/q;+2;;/p-1. The molecule has 0 bridgehead atoms. The third-order valence-corrected chi connectivity index (χ3v) is 1.50. The molecule has 0 amide bonds. The second-order valence-electron chi connectivity index (χ2n) is 1.81. The SMILES string of the molecule is CC[NH+](CC)CC.[Be+2].[Br-].[Br-]. The molecule has 0 aliphatic heterocycles. The van der Waals surface area contributed by atoms with Gasteiger partial charge in [-0.05, 0) is 20.8 Å². The fraction of sp³-hybridized carbons (Fsp3) is 1.00. The first-order chi connectivity index (χ1) is 3.35. The molecule has 0 unspecified atom stereocenters. The Morgan fingerprint density at radius 1 is 0.800 bits per heavy atom. The maximum Gasteiger partial charge on any atom is 2.00 e. The molecule has 1 nitrogen and oxygen atoms in total. The zero-order chi connectivity index (χ0) is 5.70. The molecule has 0 fully saturated rings. The van der Waals surface area contributed by atoms with E-state index in [2.05, 4.69) is 20.8 Å². The average molecular weight is 271 g/mol. The largest absolute Gasteiger partial charge is 2.00 e. The minimum atomic E-state index is 0. The van der Waals surface area contributed by atoms with Crippen molar-refractivity contribution in [1.82, 2.24) is 0 Å². The van der Waals surface area contributed by atoms with Crippen LogP contribution in [0.4, 0.5) is 0 Å². The molecule has 0 heterocycles. The van der Waals surface area contributed by atoms with Crippen molar-refractivity contribution < 1.29 is 38.9 Å². The van der Waals surface area contributed by atoms with Crippen LogP contribution in [0.1, 0.15) is 20.8 Å². The number of quaternary nitrogens is 1. The molecule has 0 saturated carbocycles. The van der Waals surface area contributed by atoms with Gasteiger partial charge in [-0.15, -0.1) is 0 Å². The van der Waals surface area contributed by atoms with E-state index in [0.717, 1.165) is 0 Å². The summed E-state index contributed by atoms with van der Waals surface area (Å²) in [5, 5.41) is 0. The van der Waals surface area contributed by atoms with E-state index in [1.54, 1.807) is 4.90 Å². The molecule has 4 heteroatoms. The van der Waals surface area contributed by atoms with E-state index in [1.807, 2.05) is 0 Å². The summed E-state index contributed by atoms with van der Waals surface area (Å²) in [6, 6.07) is 0. The van der Waals surface area contributed by atoms with E-state index in [9.17, 15) is 0 Å². The Morgan fingerprint density at radius 3 is 1.00 bits per heavy atom. The predicted molar refractivity (Wildman–Crippen MR) is 38.3 cm³/mol. The van der Waals surface area contributed by atoms with Crippen LogP contribution in [0.15, 0.2) is 0 Å². The van der Waals surface area contributed by atoms with Gasteiger partial charge in [0.25, 0.3) is 0 Å². The van der Waals surface area contributed by atoms with Crippen LogP contribution >= 0.6 is 0 Å². The molecule has 0 aliphatic rings. The van der Waals surface area contributed by atoms with E-state index >= 15 is 0 Å². The molecular weight excluding hydrogens is 255 g/mol. The van der Waals surface area contributed by atoms with Crippen molar-refractivity contribution in [2.75, 3.05) is 19.6 Å². The van der Waals surface area contributed by atoms with Gasteiger partial charge in [0.1, 0.15) is 0 Å². The van der Waals surface area contributed by atoms with Gasteiger partial charge in [-0.3, -0.25) is 0 Å². The summed E-state index contributed by atoms with van der Waals surface area (Å²) in [5.74, 6) is 0. The van der Waals surface area contributed by atoms with Crippen LogP contribution in [0.3, 0.4) is 0 Å². The zero-order valence-electron chi connectivity index (χ0n) is 7.08. The first-order valence-electron chi connectivity index (χ1n) is 3.18. The fourth-order valence-electron chi connectivity index (χ4n) is 0.750. The molecule has 0 saturated heterocycles. The van der Waals surface area contributed by atoms with Crippen molar-refractivity contribution in [3.8, 4) is 0 Å². The first-order valence-corrected chi connectivity index (χ1v) is 3.18. The second-order valence-corrected chi connectivity index (χ2v) is 1.81. The molecule has 0 rings (SSSR count). The molecule has 0 aromatic carbocycles. The molecule has 0 aromatic heterocycles. The maximum absolute atomic E-state index is 2.22. The number of hydrogen-bond acceptors (Lipinski definition) is 0. The Hall–Kier alpha value is 1.09. The van der Waals surface area contributed by atoms with Gasteiger partial charge >= 0.3 is 10.1 Å². The summed E-state index contributed by atoms with van der Waals surface area (Å²) in [5.41, 5.74) is 0. The van der Waals surface area contributed by atoms with Crippen LogP contribution in [0.25, 0.3) is 0 Å². The number of rotatable bonds is 3. The number of nitrogens with one attached hydrogen (secondary N) is 1. The molecule has 0 atom stereocenters. The van der Waals surface area contributed by atoms with Crippen LogP contribution in [0, 0.1) is 0 Å². The molecule has 60 valence electrons. The Balaban J connectivity index is -0.0000000600. The van der Waals surface area contributed by atoms with E-state index in [-0.39, 0.29) is 44.1 Å². The fourth-order valence-corrected chi connectivity index (χ4v) is 0.750. The summed E-state index contributed by atoms with van der Waals surface area (Å²) in [6.45, 7) is 10.5. The first kappa shape index (κ1) is 22.5. The monoisotopic (exact) mass is 269 g/mol. The Morgan fingerprint density at radius 2 is 1.00 bits per heavy atom. The van der Waals surface area contributed by atoms with Gasteiger partial charge < -0.3 is 38.9 Å². The van der Waals surface area contributed by atoms with Gasteiger partial charge in [0.2, 0.25) is 0 Å². The van der Waals surface area contributed by atoms with Crippen molar-refractivity contribution in [2.45, 2.75) is 20.8 Å². The predicted octanol–water partition coefficient (Wildman–Crippen LogP) is -6.44. The zero-order valence-corrected chi connectivity index (χ0v) is 10.3. The van der Waals surface area contributed by atoms with Crippen molar-refractivity contribution in [3.05, 3.63) is 0 Å². The Labute approximate surface area is 89.3 Å². The van der Waals surface area contributed by atoms with E-state index in [1.165, 1.54) is 19.6 Å². The minimum absolute atomic E-state index is 0. The molecular formula is C6H16BeBr2N+. The van der Waals surface area contributed by atoms with Crippen LogP contribution in [-0.2, 0) is 0 Å². The summed E-state index contributed by atoms with van der Waals surface area (Å²) in [6.07, 6.45) is 0. The second kappa shape index (κ2) is 16.6. The smallest absolute Gasteiger partial charge is 1.00 e. The third-order valence-electron chi connectivity index (χ3n) is 1.50. The van der Waals surface area contributed by atoms with Crippen molar-refractivity contribution in [1.29, 1.82) is 0 Å². The van der Waals surface area contributed by atoms with Gasteiger partial charge in [0.15, 0.2) is 0 Å². The van der Waals surface area contributed by atoms with Gasteiger partial charge in [-0.25, -0.2) is 0 Å². The molecule has 0 aromatic rings. The molecule has 10 heavy (non-hydrogen) atoms. The third kappa shape index (κ3) is 11.8. The summed E-state index contributed by atoms with van der Waals surface area (Å²) >= 11 is 0.